The maximum absolute atomic E-state index is 9.34. The number of aliphatic hydroxyl groups is 1. The molecule has 0 heterocycles. The van der Waals surface area contributed by atoms with Crippen LogP contribution in [0.2, 0.25) is 0 Å². The van der Waals surface area contributed by atoms with Gasteiger partial charge in [0.1, 0.15) is 0 Å². The largest absolute Gasteiger partial charge is 0.393 e. The monoisotopic (exact) mass is 205 g/mol. The standard InChI is InChI=1S/C13H19NO/c1-9(2)10-4-3-5-11(6-10)13(14)7-12(15)8-13/h3-6,9,12,15H,7-8,14H2,1-2H3. The zero-order chi connectivity index (χ0) is 11.1. The Morgan fingerprint density at radius 3 is 2.60 bits per heavy atom. The van der Waals surface area contributed by atoms with Crippen LogP contribution in [0.3, 0.4) is 0 Å². The molecule has 1 aliphatic carbocycles. The fourth-order valence-electron chi connectivity index (χ4n) is 2.22. The lowest BCUT2D eigenvalue weighted by atomic mass is 9.70. The first-order valence-electron chi connectivity index (χ1n) is 5.59. The Labute approximate surface area is 91.1 Å². The smallest absolute Gasteiger partial charge is 0.0582 e. The topological polar surface area (TPSA) is 46.2 Å². The predicted octanol–water partition coefficient (Wildman–Crippen LogP) is 2.12. The number of hydrogen-bond acceptors (Lipinski definition) is 2. The summed E-state index contributed by atoms with van der Waals surface area (Å²) in [6, 6.07) is 8.44. The summed E-state index contributed by atoms with van der Waals surface area (Å²) < 4.78 is 0. The first kappa shape index (κ1) is 10.7. The van der Waals surface area contributed by atoms with Gasteiger partial charge in [0.2, 0.25) is 0 Å². The van der Waals surface area contributed by atoms with Gasteiger partial charge in [-0.05, 0) is 29.9 Å². The van der Waals surface area contributed by atoms with Crippen LogP contribution in [0.4, 0.5) is 0 Å². The van der Waals surface area contributed by atoms with Gasteiger partial charge >= 0.3 is 0 Å². The van der Waals surface area contributed by atoms with Crippen molar-refractivity contribution in [1.29, 1.82) is 0 Å². The molecular formula is C13H19NO. The van der Waals surface area contributed by atoms with E-state index in [9.17, 15) is 5.11 Å². The summed E-state index contributed by atoms with van der Waals surface area (Å²) >= 11 is 0. The average molecular weight is 205 g/mol. The SMILES string of the molecule is CC(C)c1cccc(C2(N)CC(O)C2)c1. The summed E-state index contributed by atoms with van der Waals surface area (Å²) in [5.41, 5.74) is 8.42. The van der Waals surface area contributed by atoms with Crippen LogP contribution in [0.25, 0.3) is 0 Å². The number of benzene rings is 1. The molecule has 15 heavy (non-hydrogen) atoms. The summed E-state index contributed by atoms with van der Waals surface area (Å²) in [6.07, 6.45) is 1.17. The van der Waals surface area contributed by atoms with Crippen LogP contribution in [-0.2, 0) is 5.54 Å². The number of rotatable bonds is 2. The second-order valence-electron chi connectivity index (χ2n) is 5.00. The molecule has 3 N–H and O–H groups in total. The second kappa shape index (κ2) is 3.62. The maximum atomic E-state index is 9.34. The van der Waals surface area contributed by atoms with Gasteiger partial charge in [-0.3, -0.25) is 0 Å². The fourth-order valence-corrected chi connectivity index (χ4v) is 2.22. The molecule has 1 saturated carbocycles. The Kier molecular flexibility index (Phi) is 2.57. The summed E-state index contributed by atoms with van der Waals surface area (Å²) in [7, 11) is 0. The van der Waals surface area contributed by atoms with Crippen LogP contribution in [0.1, 0.15) is 43.7 Å². The molecule has 0 spiro atoms. The molecule has 1 aromatic rings. The van der Waals surface area contributed by atoms with Gasteiger partial charge in [-0.25, -0.2) is 0 Å². The van der Waals surface area contributed by atoms with Gasteiger partial charge in [-0.1, -0.05) is 38.1 Å². The fraction of sp³-hybridized carbons (Fsp3) is 0.538. The van der Waals surface area contributed by atoms with Gasteiger partial charge in [0, 0.05) is 5.54 Å². The van der Waals surface area contributed by atoms with Gasteiger partial charge in [-0.2, -0.15) is 0 Å². The van der Waals surface area contributed by atoms with Crippen molar-refractivity contribution < 1.29 is 5.11 Å². The first-order chi connectivity index (χ1) is 7.01. The quantitative estimate of drug-likeness (QED) is 0.777. The van der Waals surface area contributed by atoms with E-state index >= 15 is 0 Å². The third-order valence-corrected chi connectivity index (χ3v) is 3.33. The molecule has 2 rings (SSSR count). The third-order valence-electron chi connectivity index (χ3n) is 3.33. The molecule has 1 aromatic carbocycles. The van der Waals surface area contributed by atoms with Gasteiger partial charge in [0.15, 0.2) is 0 Å². The number of nitrogens with two attached hydrogens (primary N) is 1. The van der Waals surface area contributed by atoms with E-state index in [0.717, 1.165) is 0 Å². The molecular weight excluding hydrogens is 186 g/mol. The normalized spacial score (nSPS) is 30.3. The van der Waals surface area contributed by atoms with E-state index in [-0.39, 0.29) is 11.6 Å². The van der Waals surface area contributed by atoms with Crippen molar-refractivity contribution in [3.63, 3.8) is 0 Å². The van der Waals surface area contributed by atoms with Crippen LogP contribution in [0, 0.1) is 0 Å². The lowest BCUT2D eigenvalue weighted by molar-refractivity contribution is 0.0209. The molecule has 0 radical (unpaired) electrons. The first-order valence-corrected chi connectivity index (χ1v) is 5.59. The van der Waals surface area contributed by atoms with Crippen molar-refractivity contribution >= 4 is 0 Å². The van der Waals surface area contributed by atoms with Crippen molar-refractivity contribution in [2.24, 2.45) is 5.73 Å². The number of aliphatic hydroxyl groups excluding tert-OH is 1. The van der Waals surface area contributed by atoms with E-state index in [1.54, 1.807) is 0 Å². The zero-order valence-corrected chi connectivity index (χ0v) is 9.40. The molecule has 1 fully saturated rings. The van der Waals surface area contributed by atoms with E-state index in [2.05, 4.69) is 38.1 Å². The zero-order valence-electron chi connectivity index (χ0n) is 9.40. The van der Waals surface area contributed by atoms with E-state index in [1.165, 1.54) is 11.1 Å². The average Bonchev–Trinajstić information content (AvgIpc) is 2.16. The van der Waals surface area contributed by atoms with E-state index in [1.807, 2.05) is 0 Å². The maximum Gasteiger partial charge on any atom is 0.0582 e. The molecule has 2 nitrogen and oxygen atoms in total. The van der Waals surface area contributed by atoms with Crippen molar-refractivity contribution in [1.82, 2.24) is 0 Å². The highest BCUT2D eigenvalue weighted by atomic mass is 16.3. The third kappa shape index (κ3) is 1.92. The highest BCUT2D eigenvalue weighted by molar-refractivity contribution is 5.33. The highest BCUT2D eigenvalue weighted by Crippen LogP contribution is 2.39. The van der Waals surface area contributed by atoms with E-state index in [0.29, 0.717) is 18.8 Å². The predicted molar refractivity (Wildman–Crippen MR) is 61.6 cm³/mol. The van der Waals surface area contributed by atoms with Crippen molar-refractivity contribution in [3.05, 3.63) is 35.4 Å². The Bertz CT molecular complexity index is 353. The lowest BCUT2D eigenvalue weighted by Crippen LogP contribution is -2.51. The molecule has 0 amide bonds. The Balaban J connectivity index is 2.26. The van der Waals surface area contributed by atoms with Crippen LogP contribution < -0.4 is 5.73 Å². The van der Waals surface area contributed by atoms with E-state index < -0.39 is 0 Å². The second-order valence-corrected chi connectivity index (χ2v) is 5.00. The van der Waals surface area contributed by atoms with Gasteiger partial charge < -0.3 is 10.8 Å². The van der Waals surface area contributed by atoms with Crippen LogP contribution >= 0.6 is 0 Å². The van der Waals surface area contributed by atoms with Crippen molar-refractivity contribution in [2.75, 3.05) is 0 Å². The van der Waals surface area contributed by atoms with Crippen LogP contribution in [0.15, 0.2) is 24.3 Å². The summed E-state index contributed by atoms with van der Waals surface area (Å²) in [5.74, 6) is 0.526. The molecule has 0 aliphatic heterocycles. The summed E-state index contributed by atoms with van der Waals surface area (Å²) in [6.45, 7) is 4.36. The lowest BCUT2D eigenvalue weighted by Gasteiger charge is -2.43. The molecule has 82 valence electrons. The van der Waals surface area contributed by atoms with Crippen LogP contribution in [-0.4, -0.2) is 11.2 Å². The van der Waals surface area contributed by atoms with Gasteiger partial charge in [-0.15, -0.1) is 0 Å². The molecule has 0 aromatic heterocycles. The minimum absolute atomic E-state index is 0.210. The molecule has 2 heteroatoms. The Morgan fingerprint density at radius 2 is 2.07 bits per heavy atom. The van der Waals surface area contributed by atoms with Crippen molar-refractivity contribution in [2.45, 2.75) is 44.2 Å². The molecule has 1 aliphatic rings. The van der Waals surface area contributed by atoms with Gasteiger partial charge in [0.25, 0.3) is 0 Å². The molecule has 0 unspecified atom stereocenters. The Hall–Kier alpha value is -0.860. The molecule has 0 atom stereocenters. The Morgan fingerprint density at radius 1 is 1.40 bits per heavy atom. The number of hydrogen-bond donors (Lipinski definition) is 2. The summed E-state index contributed by atoms with van der Waals surface area (Å²) in [4.78, 5) is 0. The highest BCUT2D eigenvalue weighted by Gasteiger charge is 2.41. The van der Waals surface area contributed by atoms with E-state index in [4.69, 9.17) is 5.73 Å². The minimum Gasteiger partial charge on any atom is -0.393 e. The van der Waals surface area contributed by atoms with Gasteiger partial charge in [0.05, 0.1) is 6.10 Å². The van der Waals surface area contributed by atoms with Crippen molar-refractivity contribution in [3.8, 4) is 0 Å². The minimum atomic E-state index is -0.287. The summed E-state index contributed by atoms with van der Waals surface area (Å²) in [5, 5.41) is 9.34. The molecule has 0 saturated heterocycles. The molecule has 0 bridgehead atoms. The van der Waals surface area contributed by atoms with Crippen LogP contribution in [0.5, 0.6) is 0 Å².